The average molecular weight is 283 g/mol. The summed E-state index contributed by atoms with van der Waals surface area (Å²) in [7, 11) is 0. The predicted molar refractivity (Wildman–Crippen MR) is 86.6 cm³/mol. The lowest BCUT2D eigenvalue weighted by atomic mass is 10.0. The summed E-state index contributed by atoms with van der Waals surface area (Å²) in [6, 6.07) is 0. The predicted octanol–water partition coefficient (Wildman–Crippen LogP) is 5.94. The van der Waals surface area contributed by atoms with Crippen LogP contribution in [0, 0.1) is 0 Å². The lowest BCUT2D eigenvalue weighted by molar-refractivity contribution is 0.181. The molecule has 1 atom stereocenters. The molecule has 0 aliphatic carbocycles. The Morgan fingerprint density at radius 3 is 1.55 bits per heavy atom. The van der Waals surface area contributed by atoms with Crippen molar-refractivity contribution in [3.05, 3.63) is 0 Å². The Kier molecular flexibility index (Phi) is 16.1. The topological polar surface area (TPSA) is 26.3 Å². The molecule has 119 valence electrons. The van der Waals surface area contributed by atoms with E-state index in [2.05, 4.69) is 6.92 Å². The van der Waals surface area contributed by atoms with Crippen molar-refractivity contribution in [3.63, 3.8) is 0 Å². The standard InChI is InChI=1S/C18H35O2/c1-3-4-5-6-7-8-9-10-11-12-13-14-15-16-18(2)20-17-19/h18H,3-16H2,1-2H3. The van der Waals surface area contributed by atoms with Crippen molar-refractivity contribution in [2.24, 2.45) is 0 Å². The molecule has 0 fully saturated rings. The molecule has 0 amide bonds. The first kappa shape index (κ1) is 19.5. The number of hydrogen-bond donors (Lipinski definition) is 0. The van der Waals surface area contributed by atoms with Gasteiger partial charge in [-0.2, -0.15) is 0 Å². The van der Waals surface area contributed by atoms with Gasteiger partial charge in [0.25, 0.3) is 0 Å². The van der Waals surface area contributed by atoms with E-state index in [9.17, 15) is 4.79 Å². The number of ether oxygens (including phenoxy) is 1. The highest BCUT2D eigenvalue weighted by atomic mass is 16.5. The highest BCUT2D eigenvalue weighted by Gasteiger charge is 2.01. The molecule has 0 rings (SSSR count). The Morgan fingerprint density at radius 1 is 0.750 bits per heavy atom. The summed E-state index contributed by atoms with van der Waals surface area (Å²) in [5.41, 5.74) is 0. The van der Waals surface area contributed by atoms with E-state index >= 15 is 0 Å². The van der Waals surface area contributed by atoms with Gasteiger partial charge in [0.1, 0.15) is 0 Å². The summed E-state index contributed by atoms with van der Waals surface area (Å²) in [6.07, 6.45) is 18.9. The third-order valence-electron chi connectivity index (χ3n) is 3.96. The zero-order valence-corrected chi connectivity index (χ0v) is 13.8. The van der Waals surface area contributed by atoms with Gasteiger partial charge in [0, 0.05) is 0 Å². The zero-order valence-electron chi connectivity index (χ0n) is 13.8. The van der Waals surface area contributed by atoms with E-state index in [1.807, 2.05) is 6.92 Å². The van der Waals surface area contributed by atoms with Crippen LogP contribution in [-0.4, -0.2) is 12.6 Å². The van der Waals surface area contributed by atoms with E-state index in [1.165, 1.54) is 89.9 Å². The smallest absolute Gasteiger partial charge is 0.417 e. The Hall–Kier alpha value is -0.530. The molecule has 0 saturated heterocycles. The summed E-state index contributed by atoms with van der Waals surface area (Å²) in [5.74, 6) is 0. The fourth-order valence-corrected chi connectivity index (χ4v) is 2.59. The van der Waals surface area contributed by atoms with Crippen LogP contribution in [0.25, 0.3) is 0 Å². The van der Waals surface area contributed by atoms with Crippen LogP contribution in [0.2, 0.25) is 0 Å². The molecule has 2 nitrogen and oxygen atoms in total. The van der Waals surface area contributed by atoms with Gasteiger partial charge in [0.15, 0.2) is 0 Å². The van der Waals surface area contributed by atoms with E-state index in [4.69, 9.17) is 4.74 Å². The summed E-state index contributed by atoms with van der Waals surface area (Å²) in [6.45, 7) is 5.72. The van der Waals surface area contributed by atoms with Crippen LogP contribution in [0.4, 0.5) is 0 Å². The van der Waals surface area contributed by atoms with Gasteiger partial charge < -0.3 is 4.74 Å². The molecule has 0 aromatic rings. The first-order valence-electron chi connectivity index (χ1n) is 8.84. The van der Waals surface area contributed by atoms with Gasteiger partial charge in [-0.05, 0) is 19.8 Å². The van der Waals surface area contributed by atoms with Crippen LogP contribution in [0.3, 0.4) is 0 Å². The Morgan fingerprint density at radius 2 is 1.15 bits per heavy atom. The van der Waals surface area contributed by atoms with Crippen LogP contribution in [0.1, 0.15) is 104 Å². The molecule has 0 aromatic carbocycles. The zero-order chi connectivity index (χ0) is 14.9. The molecule has 0 bridgehead atoms. The van der Waals surface area contributed by atoms with Crippen LogP contribution >= 0.6 is 0 Å². The third kappa shape index (κ3) is 15.5. The molecule has 0 saturated carbocycles. The SMILES string of the molecule is CCCCCCCCCCCCCCCC(C)O[C]=O. The second kappa shape index (κ2) is 16.5. The van der Waals surface area contributed by atoms with Crippen LogP contribution in [0.5, 0.6) is 0 Å². The molecule has 0 N–H and O–H groups in total. The monoisotopic (exact) mass is 283 g/mol. The van der Waals surface area contributed by atoms with Crippen molar-refractivity contribution < 1.29 is 9.53 Å². The largest absolute Gasteiger partial charge is 0.454 e. The Balaban J connectivity index is 3.01. The van der Waals surface area contributed by atoms with Crippen molar-refractivity contribution >= 4 is 6.47 Å². The lowest BCUT2D eigenvalue weighted by Crippen LogP contribution is -2.05. The fourth-order valence-electron chi connectivity index (χ4n) is 2.59. The molecular formula is C18H35O2. The molecular weight excluding hydrogens is 248 g/mol. The van der Waals surface area contributed by atoms with Crippen LogP contribution in [0.15, 0.2) is 0 Å². The van der Waals surface area contributed by atoms with E-state index in [1.54, 1.807) is 0 Å². The van der Waals surface area contributed by atoms with Gasteiger partial charge in [-0.1, -0.05) is 84.0 Å². The molecule has 0 aromatic heterocycles. The quantitative estimate of drug-likeness (QED) is 0.328. The van der Waals surface area contributed by atoms with Crippen molar-refractivity contribution in [1.82, 2.24) is 0 Å². The first-order valence-corrected chi connectivity index (χ1v) is 8.84. The maximum atomic E-state index is 10.0. The molecule has 20 heavy (non-hydrogen) atoms. The molecule has 1 radical (unpaired) electrons. The molecule has 1 unspecified atom stereocenters. The third-order valence-corrected chi connectivity index (χ3v) is 3.96. The van der Waals surface area contributed by atoms with E-state index in [0.717, 1.165) is 6.42 Å². The number of unbranched alkanes of at least 4 members (excludes halogenated alkanes) is 12. The Bertz CT molecular complexity index is 192. The number of hydrogen-bond acceptors (Lipinski definition) is 2. The molecule has 2 heteroatoms. The van der Waals surface area contributed by atoms with Gasteiger partial charge in [-0.25, -0.2) is 4.79 Å². The van der Waals surface area contributed by atoms with E-state index < -0.39 is 0 Å². The maximum Gasteiger partial charge on any atom is 0.417 e. The number of carbonyl (C=O) groups excluding carboxylic acids is 1. The van der Waals surface area contributed by atoms with Gasteiger partial charge in [0.05, 0.1) is 6.10 Å². The van der Waals surface area contributed by atoms with Crippen molar-refractivity contribution in [3.8, 4) is 0 Å². The summed E-state index contributed by atoms with van der Waals surface area (Å²) < 4.78 is 4.74. The van der Waals surface area contributed by atoms with Crippen molar-refractivity contribution in [2.75, 3.05) is 0 Å². The highest BCUT2D eigenvalue weighted by Crippen LogP contribution is 2.13. The van der Waals surface area contributed by atoms with Crippen molar-refractivity contribution in [1.29, 1.82) is 0 Å². The first-order chi connectivity index (χ1) is 9.81. The number of rotatable bonds is 16. The normalized spacial score (nSPS) is 12.3. The van der Waals surface area contributed by atoms with Gasteiger partial charge in [-0.3, -0.25) is 0 Å². The molecule has 0 heterocycles. The maximum absolute atomic E-state index is 10.0. The highest BCUT2D eigenvalue weighted by molar-refractivity contribution is 5.38. The average Bonchev–Trinajstić information content (AvgIpc) is 2.44. The molecule has 0 spiro atoms. The second-order valence-electron chi connectivity index (χ2n) is 6.04. The minimum absolute atomic E-state index is 0.0419. The van der Waals surface area contributed by atoms with Crippen LogP contribution in [-0.2, 0) is 9.53 Å². The molecule has 0 aliphatic heterocycles. The second-order valence-corrected chi connectivity index (χ2v) is 6.04. The van der Waals surface area contributed by atoms with E-state index in [-0.39, 0.29) is 6.10 Å². The lowest BCUT2D eigenvalue weighted by Gasteiger charge is -2.07. The van der Waals surface area contributed by atoms with E-state index in [0.29, 0.717) is 0 Å². The van der Waals surface area contributed by atoms with Crippen molar-refractivity contribution in [2.45, 2.75) is 110 Å². The Labute approximate surface area is 126 Å². The van der Waals surface area contributed by atoms with Gasteiger partial charge >= 0.3 is 6.47 Å². The molecule has 0 aliphatic rings. The summed E-state index contributed by atoms with van der Waals surface area (Å²) in [5, 5.41) is 0. The minimum Gasteiger partial charge on any atom is -0.454 e. The van der Waals surface area contributed by atoms with Gasteiger partial charge in [-0.15, -0.1) is 0 Å². The minimum atomic E-state index is 0.0419. The van der Waals surface area contributed by atoms with Crippen LogP contribution < -0.4 is 0 Å². The summed E-state index contributed by atoms with van der Waals surface area (Å²) in [4.78, 5) is 10.0. The summed E-state index contributed by atoms with van der Waals surface area (Å²) >= 11 is 0. The fraction of sp³-hybridized carbons (Fsp3) is 0.944. The van der Waals surface area contributed by atoms with Gasteiger partial charge in [0.2, 0.25) is 0 Å².